The fourth-order valence-electron chi connectivity index (χ4n) is 3.29. The molecule has 0 bridgehead atoms. The van der Waals surface area contributed by atoms with Gasteiger partial charge in [-0.25, -0.2) is 0 Å². The SMILES string of the molecule is C=C(CN1CCCC1C1CCCC1)[B-](F)(F)F.[K+]. The predicted octanol–water partition coefficient (Wildman–Crippen LogP) is 0.588. The molecular weight excluding hydrogens is 265 g/mol. The smallest absolute Gasteiger partial charge is 0.445 e. The van der Waals surface area contributed by atoms with Gasteiger partial charge in [0.05, 0.1) is 0 Å². The van der Waals surface area contributed by atoms with Gasteiger partial charge in [0.1, 0.15) is 0 Å². The monoisotopic (exact) mass is 285 g/mol. The maximum atomic E-state index is 12.5. The Hall–Kier alpha value is 1.19. The Morgan fingerprint density at radius 3 is 2.28 bits per heavy atom. The van der Waals surface area contributed by atoms with Crippen molar-refractivity contribution in [2.24, 2.45) is 5.92 Å². The molecule has 0 N–H and O–H groups in total. The zero-order chi connectivity index (χ0) is 12.5. The van der Waals surface area contributed by atoms with Gasteiger partial charge in [-0.05, 0) is 44.7 Å². The van der Waals surface area contributed by atoms with Crippen molar-refractivity contribution in [1.82, 2.24) is 4.90 Å². The largest absolute Gasteiger partial charge is 1.00 e. The molecule has 2 fully saturated rings. The average Bonchev–Trinajstić information content (AvgIpc) is 2.83. The minimum atomic E-state index is -4.86. The molecule has 1 saturated heterocycles. The Bertz CT molecular complexity index is 290. The second kappa shape index (κ2) is 7.27. The first-order valence-electron chi connectivity index (χ1n) is 6.60. The van der Waals surface area contributed by atoms with Crippen molar-refractivity contribution in [3.05, 3.63) is 12.1 Å². The summed E-state index contributed by atoms with van der Waals surface area (Å²) in [5, 5.41) is 0. The van der Waals surface area contributed by atoms with E-state index in [4.69, 9.17) is 0 Å². The van der Waals surface area contributed by atoms with Crippen LogP contribution in [0.25, 0.3) is 0 Å². The minimum absolute atomic E-state index is 0. The van der Waals surface area contributed by atoms with Crippen LogP contribution in [0.4, 0.5) is 12.9 Å². The van der Waals surface area contributed by atoms with Gasteiger partial charge in [-0.15, -0.1) is 12.1 Å². The van der Waals surface area contributed by atoms with Crippen molar-refractivity contribution in [1.29, 1.82) is 0 Å². The van der Waals surface area contributed by atoms with E-state index in [2.05, 4.69) is 6.58 Å². The van der Waals surface area contributed by atoms with Gasteiger partial charge >= 0.3 is 58.4 Å². The maximum Gasteiger partial charge on any atom is 1.00 e. The molecule has 2 aliphatic rings. The fourth-order valence-corrected chi connectivity index (χ4v) is 3.29. The number of nitrogens with zero attached hydrogens (tertiary/aromatic N) is 1. The summed E-state index contributed by atoms with van der Waals surface area (Å²) in [6.45, 7) is -0.807. The quantitative estimate of drug-likeness (QED) is 0.683. The van der Waals surface area contributed by atoms with Crippen LogP contribution in [0.3, 0.4) is 0 Å². The number of likely N-dealkylation sites (tertiary alicyclic amines) is 1. The van der Waals surface area contributed by atoms with Gasteiger partial charge in [-0.1, -0.05) is 12.8 Å². The number of hydrogen-bond donors (Lipinski definition) is 0. The number of halogens is 3. The molecule has 18 heavy (non-hydrogen) atoms. The van der Waals surface area contributed by atoms with Crippen LogP contribution in [0.15, 0.2) is 12.1 Å². The minimum Gasteiger partial charge on any atom is -0.445 e. The van der Waals surface area contributed by atoms with Gasteiger partial charge in [-0.2, -0.15) is 0 Å². The second-order valence-corrected chi connectivity index (χ2v) is 5.46. The molecule has 1 heterocycles. The van der Waals surface area contributed by atoms with E-state index in [0.717, 1.165) is 19.4 Å². The van der Waals surface area contributed by atoms with Crippen LogP contribution < -0.4 is 51.4 Å². The molecule has 2 rings (SSSR count). The van der Waals surface area contributed by atoms with Gasteiger partial charge < -0.3 is 12.9 Å². The van der Waals surface area contributed by atoms with Crippen molar-refractivity contribution in [3.63, 3.8) is 0 Å². The van der Waals surface area contributed by atoms with Gasteiger partial charge in [0, 0.05) is 6.04 Å². The molecule has 0 radical (unpaired) electrons. The molecule has 1 saturated carbocycles. The van der Waals surface area contributed by atoms with Crippen LogP contribution in [0, 0.1) is 5.92 Å². The first-order chi connectivity index (χ1) is 7.98. The Morgan fingerprint density at radius 2 is 1.72 bits per heavy atom. The Kier molecular flexibility index (Phi) is 6.97. The van der Waals surface area contributed by atoms with Crippen molar-refractivity contribution < 1.29 is 64.3 Å². The number of rotatable bonds is 4. The summed E-state index contributed by atoms with van der Waals surface area (Å²) >= 11 is 0. The molecular formula is C12H20BF3KN. The third-order valence-corrected chi connectivity index (χ3v) is 4.23. The van der Waals surface area contributed by atoms with Crippen molar-refractivity contribution in [2.75, 3.05) is 13.1 Å². The topological polar surface area (TPSA) is 3.24 Å². The van der Waals surface area contributed by atoms with E-state index >= 15 is 0 Å². The molecule has 1 aliphatic carbocycles. The third kappa shape index (κ3) is 4.35. The summed E-state index contributed by atoms with van der Waals surface area (Å²) in [7, 11) is 0. The Labute approximate surface area is 150 Å². The van der Waals surface area contributed by atoms with E-state index in [1.807, 2.05) is 4.90 Å². The zero-order valence-corrected chi connectivity index (χ0v) is 14.3. The first kappa shape index (κ1) is 17.2. The molecule has 1 aliphatic heterocycles. The van der Waals surface area contributed by atoms with Crippen LogP contribution in [0.1, 0.15) is 38.5 Å². The molecule has 1 nitrogen and oxygen atoms in total. The zero-order valence-electron chi connectivity index (χ0n) is 11.2. The van der Waals surface area contributed by atoms with E-state index < -0.39 is 12.4 Å². The molecule has 1 unspecified atom stereocenters. The van der Waals surface area contributed by atoms with E-state index in [9.17, 15) is 12.9 Å². The number of hydrogen-bond acceptors (Lipinski definition) is 1. The van der Waals surface area contributed by atoms with E-state index in [1.165, 1.54) is 25.7 Å². The van der Waals surface area contributed by atoms with Crippen LogP contribution in [0.2, 0.25) is 0 Å². The summed E-state index contributed by atoms with van der Waals surface area (Å²) in [6.07, 6.45) is 7.01. The van der Waals surface area contributed by atoms with Crippen LogP contribution in [-0.4, -0.2) is 31.0 Å². The maximum absolute atomic E-state index is 12.5. The standard InChI is InChI=1S/C12H20BF3N.K/c1-10(13(14,15)16)9-17-8-4-7-12(17)11-5-2-3-6-11;/h11-12H,1-9H2;/q-1;+1. The van der Waals surface area contributed by atoms with Crippen LogP contribution in [-0.2, 0) is 0 Å². The van der Waals surface area contributed by atoms with Crippen LogP contribution in [0.5, 0.6) is 0 Å². The van der Waals surface area contributed by atoms with E-state index in [1.54, 1.807) is 0 Å². The molecule has 0 aromatic rings. The molecule has 6 heteroatoms. The molecule has 0 aromatic carbocycles. The summed E-state index contributed by atoms with van der Waals surface area (Å²) in [6, 6.07) is 0.382. The normalized spacial score (nSPS) is 26.3. The summed E-state index contributed by atoms with van der Waals surface area (Å²) in [4.78, 5) is 2.02. The van der Waals surface area contributed by atoms with Gasteiger partial charge in [0.2, 0.25) is 0 Å². The van der Waals surface area contributed by atoms with E-state index in [0.29, 0.717) is 12.0 Å². The van der Waals surface area contributed by atoms with Crippen molar-refractivity contribution in [3.8, 4) is 0 Å². The van der Waals surface area contributed by atoms with Crippen LogP contribution >= 0.6 is 0 Å². The summed E-state index contributed by atoms with van der Waals surface area (Å²) in [5.41, 5.74) is -0.533. The second-order valence-electron chi connectivity index (χ2n) is 5.46. The fraction of sp³-hybridized carbons (Fsp3) is 0.833. The van der Waals surface area contributed by atoms with Gasteiger partial charge in [0.15, 0.2) is 0 Å². The molecule has 0 amide bonds. The van der Waals surface area contributed by atoms with Crippen molar-refractivity contribution in [2.45, 2.75) is 44.6 Å². The van der Waals surface area contributed by atoms with E-state index in [-0.39, 0.29) is 57.9 Å². The molecule has 0 spiro atoms. The predicted molar refractivity (Wildman–Crippen MR) is 64.8 cm³/mol. The van der Waals surface area contributed by atoms with Gasteiger partial charge in [0.25, 0.3) is 0 Å². The molecule has 0 aromatic heterocycles. The Balaban J connectivity index is 0.00000162. The van der Waals surface area contributed by atoms with Crippen molar-refractivity contribution >= 4 is 6.98 Å². The van der Waals surface area contributed by atoms with Gasteiger partial charge in [-0.3, -0.25) is 4.90 Å². The molecule has 98 valence electrons. The summed E-state index contributed by atoms with van der Waals surface area (Å²) in [5.74, 6) is 0.631. The summed E-state index contributed by atoms with van der Waals surface area (Å²) < 4.78 is 37.6. The third-order valence-electron chi connectivity index (χ3n) is 4.23. The molecule has 1 atom stereocenters. The Morgan fingerprint density at radius 1 is 1.11 bits per heavy atom. The average molecular weight is 285 g/mol. The first-order valence-corrected chi connectivity index (χ1v) is 6.60.